The van der Waals surface area contributed by atoms with Crippen LogP contribution in [-0.4, -0.2) is 16.7 Å². The monoisotopic (exact) mass is 319 g/mol. The van der Waals surface area contributed by atoms with Crippen LogP contribution in [-0.2, 0) is 0 Å². The fourth-order valence-electron chi connectivity index (χ4n) is 2.46. The number of nitrogens with zero attached hydrogens (tertiary/aromatic N) is 1. The summed E-state index contributed by atoms with van der Waals surface area (Å²) in [4.78, 5) is 12.3. The van der Waals surface area contributed by atoms with Gasteiger partial charge in [-0.25, -0.2) is 5.43 Å². The molecule has 0 saturated carbocycles. The number of hydrogen-bond acceptors (Lipinski definition) is 4. The smallest absolute Gasteiger partial charge is 0.275 e. The SMILES string of the molecule is C/C(=N/NC(=O)c1ccc2ccccc2c1O)c1cccc(N)c1. The first-order valence-electron chi connectivity index (χ1n) is 7.47. The lowest BCUT2D eigenvalue weighted by molar-refractivity contribution is 0.0952. The molecule has 3 rings (SSSR count). The summed E-state index contributed by atoms with van der Waals surface area (Å²) in [6.45, 7) is 1.77. The van der Waals surface area contributed by atoms with Crippen molar-refractivity contribution in [1.82, 2.24) is 5.43 Å². The van der Waals surface area contributed by atoms with E-state index >= 15 is 0 Å². The van der Waals surface area contributed by atoms with Gasteiger partial charge < -0.3 is 10.8 Å². The molecule has 0 saturated heterocycles. The maximum absolute atomic E-state index is 12.3. The summed E-state index contributed by atoms with van der Waals surface area (Å²) in [6, 6.07) is 17.9. The molecule has 0 fully saturated rings. The van der Waals surface area contributed by atoms with Crippen LogP contribution in [0, 0.1) is 0 Å². The third-order valence-electron chi connectivity index (χ3n) is 3.77. The van der Waals surface area contributed by atoms with Gasteiger partial charge in [0.05, 0.1) is 11.3 Å². The van der Waals surface area contributed by atoms with Crippen molar-refractivity contribution in [2.75, 3.05) is 5.73 Å². The summed E-state index contributed by atoms with van der Waals surface area (Å²) in [6.07, 6.45) is 0. The quantitative estimate of drug-likeness (QED) is 0.393. The molecular formula is C19H17N3O2. The summed E-state index contributed by atoms with van der Waals surface area (Å²) in [5.41, 5.74) is 10.5. The number of phenols is 1. The average Bonchev–Trinajstić information content (AvgIpc) is 2.60. The zero-order valence-corrected chi connectivity index (χ0v) is 13.2. The Hall–Kier alpha value is -3.34. The first-order valence-corrected chi connectivity index (χ1v) is 7.47. The van der Waals surface area contributed by atoms with E-state index in [0.29, 0.717) is 16.8 Å². The number of amides is 1. The third kappa shape index (κ3) is 3.05. The summed E-state index contributed by atoms with van der Waals surface area (Å²) in [5, 5.41) is 15.9. The van der Waals surface area contributed by atoms with E-state index in [-0.39, 0.29) is 11.3 Å². The Bertz CT molecular complexity index is 948. The molecule has 0 aliphatic carbocycles. The Morgan fingerprint density at radius 2 is 1.88 bits per heavy atom. The van der Waals surface area contributed by atoms with E-state index in [0.717, 1.165) is 10.9 Å². The standard InChI is InChI=1S/C19H17N3O2/c1-12(14-6-4-7-15(20)11-14)21-22-19(24)17-10-9-13-5-2-3-8-16(13)18(17)23/h2-11,23H,20H2,1H3,(H,22,24)/b21-12-. The average molecular weight is 319 g/mol. The van der Waals surface area contributed by atoms with Crippen LogP contribution < -0.4 is 11.2 Å². The normalized spacial score (nSPS) is 11.5. The molecule has 0 unspecified atom stereocenters. The number of carbonyl (C=O) groups is 1. The Balaban J connectivity index is 1.85. The van der Waals surface area contributed by atoms with Crippen LogP contribution in [0.5, 0.6) is 5.75 Å². The number of nitrogens with two attached hydrogens (primary N) is 1. The van der Waals surface area contributed by atoms with E-state index in [9.17, 15) is 9.90 Å². The fraction of sp³-hybridized carbons (Fsp3) is 0.0526. The minimum absolute atomic E-state index is 0.0533. The van der Waals surface area contributed by atoms with Gasteiger partial charge in [0.15, 0.2) is 0 Å². The van der Waals surface area contributed by atoms with Gasteiger partial charge in [-0.05, 0) is 36.1 Å². The van der Waals surface area contributed by atoms with Gasteiger partial charge >= 0.3 is 0 Å². The van der Waals surface area contributed by atoms with Gasteiger partial charge in [0.25, 0.3) is 5.91 Å². The van der Waals surface area contributed by atoms with Gasteiger partial charge in [0.2, 0.25) is 0 Å². The van der Waals surface area contributed by atoms with Gasteiger partial charge in [-0.1, -0.05) is 42.5 Å². The largest absolute Gasteiger partial charge is 0.506 e. The molecule has 0 spiro atoms. The number of fused-ring (bicyclic) bond motifs is 1. The highest BCUT2D eigenvalue weighted by Crippen LogP contribution is 2.28. The Morgan fingerprint density at radius 1 is 1.08 bits per heavy atom. The highest BCUT2D eigenvalue weighted by molar-refractivity contribution is 6.05. The molecule has 0 bridgehead atoms. The van der Waals surface area contributed by atoms with Crippen molar-refractivity contribution < 1.29 is 9.90 Å². The molecule has 3 aromatic carbocycles. The lowest BCUT2D eigenvalue weighted by atomic mass is 10.1. The summed E-state index contributed by atoms with van der Waals surface area (Å²) in [7, 11) is 0. The van der Waals surface area contributed by atoms with Gasteiger partial charge in [0, 0.05) is 11.1 Å². The summed E-state index contributed by atoms with van der Waals surface area (Å²) in [5.74, 6) is -0.524. The van der Waals surface area contributed by atoms with Crippen molar-refractivity contribution in [2.45, 2.75) is 6.92 Å². The van der Waals surface area contributed by atoms with Gasteiger partial charge in [-0.2, -0.15) is 5.10 Å². The molecule has 24 heavy (non-hydrogen) atoms. The van der Waals surface area contributed by atoms with Crippen molar-refractivity contribution in [3.05, 3.63) is 71.8 Å². The second-order valence-electron chi connectivity index (χ2n) is 5.45. The molecule has 5 nitrogen and oxygen atoms in total. The lowest BCUT2D eigenvalue weighted by Crippen LogP contribution is -2.19. The van der Waals surface area contributed by atoms with Crippen molar-refractivity contribution in [2.24, 2.45) is 5.10 Å². The molecule has 4 N–H and O–H groups in total. The van der Waals surface area contributed by atoms with E-state index in [2.05, 4.69) is 10.5 Å². The zero-order valence-electron chi connectivity index (χ0n) is 13.2. The minimum Gasteiger partial charge on any atom is -0.506 e. The maximum atomic E-state index is 12.3. The zero-order chi connectivity index (χ0) is 17.1. The Labute approximate surface area is 139 Å². The van der Waals surface area contributed by atoms with Crippen molar-refractivity contribution in [1.29, 1.82) is 0 Å². The molecule has 120 valence electrons. The van der Waals surface area contributed by atoms with E-state index in [1.54, 1.807) is 37.3 Å². The van der Waals surface area contributed by atoms with E-state index in [4.69, 9.17) is 5.73 Å². The van der Waals surface area contributed by atoms with Crippen LogP contribution in [0.3, 0.4) is 0 Å². The predicted octanol–water partition coefficient (Wildman–Crippen LogP) is 3.28. The van der Waals surface area contributed by atoms with Crippen molar-refractivity contribution in [3.8, 4) is 5.75 Å². The van der Waals surface area contributed by atoms with Gasteiger partial charge in [0.1, 0.15) is 5.75 Å². The molecule has 0 aromatic heterocycles. The number of carbonyl (C=O) groups excluding carboxylic acids is 1. The first-order chi connectivity index (χ1) is 11.6. The first kappa shape index (κ1) is 15.6. The predicted molar refractivity (Wildman–Crippen MR) is 96.1 cm³/mol. The van der Waals surface area contributed by atoms with Crippen LogP contribution in [0.15, 0.2) is 65.8 Å². The van der Waals surface area contributed by atoms with Gasteiger partial charge in [-0.3, -0.25) is 4.79 Å². The van der Waals surface area contributed by atoms with Crippen molar-refractivity contribution >= 4 is 28.1 Å². The molecule has 0 radical (unpaired) electrons. The van der Waals surface area contributed by atoms with Crippen LogP contribution in [0.1, 0.15) is 22.8 Å². The summed E-state index contributed by atoms with van der Waals surface area (Å²) >= 11 is 0. The molecule has 5 heteroatoms. The number of nitrogens with one attached hydrogen (secondary N) is 1. The van der Waals surface area contributed by atoms with Crippen LogP contribution in [0.25, 0.3) is 10.8 Å². The molecule has 0 aliphatic heterocycles. The lowest BCUT2D eigenvalue weighted by Gasteiger charge is -2.07. The van der Waals surface area contributed by atoms with Crippen LogP contribution in [0.2, 0.25) is 0 Å². The number of anilines is 1. The molecular weight excluding hydrogens is 302 g/mol. The van der Waals surface area contributed by atoms with Crippen LogP contribution >= 0.6 is 0 Å². The van der Waals surface area contributed by atoms with Gasteiger partial charge in [-0.15, -0.1) is 0 Å². The van der Waals surface area contributed by atoms with E-state index < -0.39 is 5.91 Å². The van der Waals surface area contributed by atoms with E-state index in [1.807, 2.05) is 30.3 Å². The molecule has 3 aromatic rings. The fourth-order valence-corrected chi connectivity index (χ4v) is 2.46. The minimum atomic E-state index is -0.471. The second kappa shape index (κ2) is 6.42. The molecule has 0 atom stereocenters. The highest BCUT2D eigenvalue weighted by Gasteiger charge is 2.13. The molecule has 0 aliphatic rings. The molecule has 0 heterocycles. The van der Waals surface area contributed by atoms with Crippen molar-refractivity contribution in [3.63, 3.8) is 0 Å². The highest BCUT2D eigenvalue weighted by atomic mass is 16.3. The number of hydrazone groups is 1. The molecule has 1 amide bonds. The second-order valence-corrected chi connectivity index (χ2v) is 5.45. The topological polar surface area (TPSA) is 87.7 Å². The van der Waals surface area contributed by atoms with Crippen LogP contribution in [0.4, 0.5) is 5.69 Å². The number of phenolic OH excluding ortho intramolecular Hbond substituents is 1. The number of rotatable bonds is 3. The Morgan fingerprint density at radius 3 is 2.67 bits per heavy atom. The Kier molecular flexibility index (Phi) is 4.16. The summed E-state index contributed by atoms with van der Waals surface area (Å²) < 4.78 is 0. The van der Waals surface area contributed by atoms with E-state index in [1.165, 1.54) is 0 Å². The number of nitrogen functional groups attached to an aromatic ring is 1. The number of benzene rings is 3. The number of hydrogen-bond donors (Lipinski definition) is 3. The third-order valence-corrected chi connectivity index (χ3v) is 3.77. The maximum Gasteiger partial charge on any atom is 0.275 e. The number of aromatic hydroxyl groups is 1.